The van der Waals surface area contributed by atoms with Gasteiger partial charge in [-0.05, 0) is 75.7 Å². The summed E-state index contributed by atoms with van der Waals surface area (Å²) < 4.78 is 0. The molecule has 222 valence electrons. The van der Waals surface area contributed by atoms with Crippen LogP contribution in [0.2, 0.25) is 0 Å². The highest BCUT2D eigenvalue weighted by Gasteiger charge is 2.64. The Labute approximate surface area is 238 Å². The highest BCUT2D eigenvalue weighted by atomic mass is 16.3. The van der Waals surface area contributed by atoms with Crippen LogP contribution >= 0.6 is 0 Å². The molecular weight excluding hydrogens is 530 g/mol. The summed E-state index contributed by atoms with van der Waals surface area (Å²) in [4.78, 5) is 42.8. The Kier molecular flexibility index (Phi) is 6.99. The minimum atomic E-state index is -2.67. The number of anilines is 1. The molecule has 0 spiro atoms. The third-order valence-electron chi connectivity index (χ3n) is 9.65. The van der Waals surface area contributed by atoms with E-state index >= 15 is 0 Å². The lowest BCUT2D eigenvalue weighted by Gasteiger charge is -2.50. The average molecular weight is 570 g/mol. The number of nitrogens with two attached hydrogens (primary N) is 1. The third-order valence-corrected chi connectivity index (χ3v) is 9.65. The molecule has 0 aromatic heterocycles. The van der Waals surface area contributed by atoms with Gasteiger partial charge < -0.3 is 36.2 Å². The molecule has 11 heteroatoms. The van der Waals surface area contributed by atoms with Gasteiger partial charge in [0, 0.05) is 31.3 Å². The summed E-state index contributed by atoms with van der Waals surface area (Å²) in [6.07, 6.45) is 4.29. The van der Waals surface area contributed by atoms with Crippen LogP contribution in [0.3, 0.4) is 0 Å². The molecular formula is C30H39N3O8. The second-order valence-corrected chi connectivity index (χ2v) is 12.5. The van der Waals surface area contributed by atoms with Crippen LogP contribution in [0.5, 0.6) is 5.75 Å². The van der Waals surface area contributed by atoms with Gasteiger partial charge in [-0.3, -0.25) is 19.3 Å². The Hall–Kier alpha value is -3.41. The number of fused-ring (bicyclic) bond motifs is 3. The lowest BCUT2D eigenvalue weighted by molar-refractivity contribution is -0.153. The third kappa shape index (κ3) is 4.24. The lowest BCUT2D eigenvalue weighted by Crippen LogP contribution is -2.65. The van der Waals surface area contributed by atoms with Gasteiger partial charge >= 0.3 is 0 Å². The van der Waals surface area contributed by atoms with Crippen molar-refractivity contribution in [1.82, 2.24) is 4.90 Å². The van der Waals surface area contributed by atoms with Gasteiger partial charge in [0.1, 0.15) is 22.8 Å². The average Bonchev–Trinajstić information content (AvgIpc) is 3.31. The number of hydrogen-bond acceptors (Lipinski definition) is 10. The number of amides is 1. The monoisotopic (exact) mass is 569 g/mol. The van der Waals surface area contributed by atoms with Crippen LogP contribution in [-0.4, -0.2) is 93.3 Å². The Morgan fingerprint density at radius 2 is 1.71 bits per heavy atom. The van der Waals surface area contributed by atoms with Gasteiger partial charge in [0.2, 0.25) is 5.78 Å². The van der Waals surface area contributed by atoms with Crippen molar-refractivity contribution in [2.75, 3.05) is 33.1 Å². The fraction of sp³-hybridized carbons (Fsp3) is 0.567. The zero-order valence-electron chi connectivity index (χ0n) is 23.9. The SMILES string of the molecule is CN(C)c1cc(CCC2(O)CCCC2)c(O)c2c1C[C@@H]1C[C@@H]3[C@@H](N(C)C)C(=O)C(C(N)=O)=C(O)[C@]3(O)C(=O)C1=C2O. The van der Waals surface area contributed by atoms with Crippen LogP contribution < -0.4 is 10.6 Å². The van der Waals surface area contributed by atoms with Crippen LogP contribution in [0.25, 0.3) is 5.76 Å². The fourth-order valence-electron chi connectivity index (χ4n) is 7.59. The largest absolute Gasteiger partial charge is 0.508 e. The molecule has 5 rings (SSSR count). The summed E-state index contributed by atoms with van der Waals surface area (Å²) in [7, 11) is 6.80. The van der Waals surface area contributed by atoms with Crippen molar-refractivity contribution < 1.29 is 39.9 Å². The second kappa shape index (κ2) is 9.85. The number of aliphatic hydroxyl groups is 4. The maximum Gasteiger partial charge on any atom is 0.255 e. The summed E-state index contributed by atoms with van der Waals surface area (Å²) in [6.45, 7) is 0. The molecule has 2 saturated carbocycles. The number of carbonyl (C=O) groups is 3. The molecule has 0 heterocycles. The Morgan fingerprint density at radius 1 is 1.07 bits per heavy atom. The van der Waals surface area contributed by atoms with E-state index < -0.39 is 63.6 Å². The Morgan fingerprint density at radius 3 is 2.27 bits per heavy atom. The predicted octanol–water partition coefficient (Wildman–Crippen LogP) is 1.27. The summed E-state index contributed by atoms with van der Waals surface area (Å²) in [5, 5.41) is 56.7. The fourth-order valence-corrected chi connectivity index (χ4v) is 7.59. The van der Waals surface area contributed by atoms with E-state index in [1.807, 2.05) is 25.1 Å². The molecule has 1 amide bonds. The molecule has 4 aliphatic rings. The Balaban J connectivity index is 1.67. The van der Waals surface area contributed by atoms with Crippen LogP contribution in [0.1, 0.15) is 55.2 Å². The second-order valence-electron chi connectivity index (χ2n) is 12.5. The smallest absolute Gasteiger partial charge is 0.255 e. The molecule has 7 N–H and O–H groups in total. The van der Waals surface area contributed by atoms with Crippen molar-refractivity contribution in [1.29, 1.82) is 0 Å². The molecule has 1 aromatic rings. The number of ketones is 2. The van der Waals surface area contributed by atoms with Crippen molar-refractivity contribution in [2.45, 2.75) is 68.6 Å². The molecule has 0 unspecified atom stereocenters. The molecule has 1 aromatic carbocycles. The first-order valence-corrected chi connectivity index (χ1v) is 14.1. The lowest BCUT2D eigenvalue weighted by atomic mass is 9.57. The minimum Gasteiger partial charge on any atom is -0.508 e. The summed E-state index contributed by atoms with van der Waals surface area (Å²) in [6, 6.07) is 0.713. The molecule has 0 bridgehead atoms. The number of likely N-dealkylation sites (N-methyl/N-ethyl adjacent to an activating group) is 1. The molecule has 0 saturated heterocycles. The molecule has 4 atom stereocenters. The van der Waals surface area contributed by atoms with E-state index in [2.05, 4.69) is 0 Å². The van der Waals surface area contributed by atoms with E-state index in [0.717, 1.165) is 18.5 Å². The van der Waals surface area contributed by atoms with E-state index in [4.69, 9.17) is 5.73 Å². The number of aryl methyl sites for hydroxylation is 1. The van der Waals surface area contributed by atoms with E-state index in [1.165, 1.54) is 4.90 Å². The zero-order chi connectivity index (χ0) is 30.2. The number of rotatable bonds is 6. The number of Topliss-reactive ketones (excluding diaryl/α,β-unsaturated/α-hetero) is 2. The quantitative estimate of drug-likeness (QED) is 0.273. The highest BCUT2D eigenvalue weighted by Crippen LogP contribution is 2.54. The van der Waals surface area contributed by atoms with Crippen molar-refractivity contribution in [3.05, 3.63) is 39.7 Å². The van der Waals surface area contributed by atoms with E-state index in [-0.39, 0.29) is 29.7 Å². The number of benzene rings is 1. The first-order chi connectivity index (χ1) is 19.1. The van der Waals surface area contributed by atoms with Gasteiger partial charge in [0.25, 0.3) is 5.91 Å². The van der Waals surface area contributed by atoms with E-state index in [0.29, 0.717) is 36.8 Å². The number of aromatic hydroxyl groups is 1. The normalized spacial score (nSPS) is 29.0. The number of phenols is 1. The molecule has 41 heavy (non-hydrogen) atoms. The Bertz CT molecular complexity index is 1400. The highest BCUT2D eigenvalue weighted by molar-refractivity contribution is 6.24. The van der Waals surface area contributed by atoms with Gasteiger partial charge in [0.15, 0.2) is 11.4 Å². The number of carbonyl (C=O) groups excluding carboxylic acids is 3. The van der Waals surface area contributed by atoms with Crippen LogP contribution in [0.4, 0.5) is 5.69 Å². The molecule has 4 aliphatic carbocycles. The first-order valence-electron chi connectivity index (χ1n) is 14.1. The maximum absolute atomic E-state index is 14.1. The van der Waals surface area contributed by atoms with Crippen molar-refractivity contribution >= 4 is 28.9 Å². The molecule has 11 nitrogen and oxygen atoms in total. The number of primary amides is 1. The maximum atomic E-state index is 14.1. The van der Waals surface area contributed by atoms with E-state index in [9.17, 15) is 39.9 Å². The topological polar surface area (TPSA) is 185 Å². The minimum absolute atomic E-state index is 0.0359. The predicted molar refractivity (Wildman–Crippen MR) is 150 cm³/mol. The molecule has 2 fully saturated rings. The molecule has 0 aliphatic heterocycles. The zero-order valence-corrected chi connectivity index (χ0v) is 23.9. The van der Waals surface area contributed by atoms with Crippen molar-refractivity contribution in [3.63, 3.8) is 0 Å². The van der Waals surface area contributed by atoms with Gasteiger partial charge in [-0.15, -0.1) is 0 Å². The first kappa shape index (κ1) is 29.1. The van der Waals surface area contributed by atoms with Gasteiger partial charge in [-0.1, -0.05) is 12.8 Å². The van der Waals surface area contributed by atoms with Crippen molar-refractivity contribution in [2.24, 2.45) is 17.6 Å². The molecule has 0 radical (unpaired) electrons. The summed E-state index contributed by atoms with van der Waals surface area (Å²) in [5.41, 5.74) is 2.81. The van der Waals surface area contributed by atoms with Gasteiger partial charge in [-0.2, -0.15) is 0 Å². The van der Waals surface area contributed by atoms with Crippen LogP contribution in [0.15, 0.2) is 23.0 Å². The number of phenolic OH excluding ortho intramolecular Hbond substituents is 1. The van der Waals surface area contributed by atoms with Crippen molar-refractivity contribution in [3.8, 4) is 5.75 Å². The standard InChI is InChI=1S/C30H39N3O8/c1-32(2)18-13-14(7-10-29(40)8-5-6-9-29)23(34)20-16(18)11-15-12-17-22(33(3)4)25(36)21(28(31)39)27(38)30(17,41)26(37)19(15)24(20)35/h13,15,17,22,34-35,38,40-41H,5-12H2,1-4H3,(H2,31,39)/t15-,17-,22-,30-/m1/s1. The number of nitrogens with zero attached hydrogens (tertiary/aromatic N) is 2. The summed E-state index contributed by atoms with van der Waals surface area (Å²) >= 11 is 0. The number of aliphatic hydroxyl groups excluding tert-OH is 2. The number of hydrogen-bond donors (Lipinski definition) is 6. The van der Waals surface area contributed by atoms with Gasteiger partial charge in [-0.25, -0.2) is 0 Å². The summed E-state index contributed by atoms with van der Waals surface area (Å²) in [5.74, 6) is -6.67. The van der Waals surface area contributed by atoms with Gasteiger partial charge in [0.05, 0.1) is 17.2 Å². The van der Waals surface area contributed by atoms with E-state index in [1.54, 1.807) is 14.1 Å². The van der Waals surface area contributed by atoms with Crippen LogP contribution in [0, 0.1) is 11.8 Å². The van der Waals surface area contributed by atoms with Crippen LogP contribution in [-0.2, 0) is 27.2 Å².